The molecule has 0 fully saturated rings. The first-order chi connectivity index (χ1) is 9.47. The van der Waals surface area contributed by atoms with Crippen LogP contribution in [0.25, 0.3) is 0 Å². The van der Waals surface area contributed by atoms with Gasteiger partial charge in [0.1, 0.15) is 0 Å². The fraction of sp³-hybridized carbons (Fsp3) is 0.455. The summed E-state index contributed by atoms with van der Waals surface area (Å²) in [4.78, 5) is 0.0576. The lowest BCUT2D eigenvalue weighted by Crippen LogP contribution is -2.34. The maximum atomic E-state index is 12.2. The van der Waals surface area contributed by atoms with E-state index in [4.69, 9.17) is 0 Å². The molecule has 1 N–H and O–H groups in total. The second-order valence-corrected chi connectivity index (χ2v) is 10.3. The predicted molar refractivity (Wildman–Crippen MR) is 89.2 cm³/mol. The first-order valence-corrected chi connectivity index (χ1v) is 10.5. The highest BCUT2D eigenvalue weighted by Crippen LogP contribution is 2.28. The van der Waals surface area contributed by atoms with Gasteiger partial charge in [0.25, 0.3) is 0 Å². The minimum Gasteiger partial charge on any atom is -0.212 e. The fourth-order valence-electron chi connectivity index (χ4n) is 1.40. The lowest BCUT2D eigenvalue weighted by atomic mass is 10.2. The number of sulfonamides is 2. The molecule has 10 heteroatoms. The summed E-state index contributed by atoms with van der Waals surface area (Å²) < 4.78 is 52.0. The molecule has 0 aromatic heterocycles. The highest BCUT2D eigenvalue weighted by atomic mass is 79.9. The van der Waals surface area contributed by atoms with Crippen LogP contribution in [0.5, 0.6) is 0 Å². The largest absolute Gasteiger partial charge is 0.241 e. The highest BCUT2D eigenvalue weighted by Gasteiger charge is 2.20. The Balaban J connectivity index is 2.92. The van der Waals surface area contributed by atoms with Crippen molar-refractivity contribution < 1.29 is 16.8 Å². The maximum Gasteiger partial charge on any atom is 0.241 e. The van der Waals surface area contributed by atoms with E-state index in [1.807, 2.05) is 6.92 Å². The van der Waals surface area contributed by atoms with Gasteiger partial charge in [-0.1, -0.05) is 15.9 Å². The molecule has 0 bridgehead atoms. The molecule has 21 heavy (non-hydrogen) atoms. The molecule has 0 saturated heterocycles. The third-order valence-corrected chi connectivity index (χ3v) is 7.82. The zero-order valence-electron chi connectivity index (χ0n) is 11.7. The van der Waals surface area contributed by atoms with E-state index in [1.165, 1.54) is 20.2 Å². The van der Waals surface area contributed by atoms with Crippen molar-refractivity contribution in [3.8, 4) is 0 Å². The third kappa shape index (κ3) is 5.00. The van der Waals surface area contributed by atoms with Gasteiger partial charge in [-0.05, 0) is 40.5 Å². The smallest absolute Gasteiger partial charge is 0.212 e. The van der Waals surface area contributed by atoms with Crippen LogP contribution in [0.2, 0.25) is 0 Å². The van der Waals surface area contributed by atoms with Gasteiger partial charge in [0, 0.05) is 29.6 Å². The summed E-state index contributed by atoms with van der Waals surface area (Å²) in [6.07, 6.45) is 0. The van der Waals surface area contributed by atoms with Crippen LogP contribution >= 0.6 is 31.9 Å². The minimum atomic E-state index is -3.79. The normalized spacial score (nSPS) is 12.9. The maximum absolute atomic E-state index is 12.2. The third-order valence-electron chi connectivity index (χ3n) is 2.71. The molecule has 120 valence electrons. The number of rotatable bonds is 6. The number of nitrogens with one attached hydrogen (secondary N) is 1. The number of aryl methyl sites for hydroxylation is 1. The molecular weight excluding hydrogens is 448 g/mol. The van der Waals surface area contributed by atoms with Crippen molar-refractivity contribution >= 4 is 51.9 Å². The number of benzene rings is 1. The Morgan fingerprint density at radius 3 is 2.19 bits per heavy atom. The van der Waals surface area contributed by atoms with Crippen molar-refractivity contribution in [1.29, 1.82) is 0 Å². The molecule has 0 radical (unpaired) electrons. The number of halogens is 2. The number of hydrogen-bond acceptors (Lipinski definition) is 4. The van der Waals surface area contributed by atoms with Crippen LogP contribution in [-0.4, -0.2) is 47.5 Å². The Kier molecular flexibility index (Phi) is 6.40. The van der Waals surface area contributed by atoms with E-state index in [-0.39, 0.29) is 17.2 Å². The second kappa shape index (κ2) is 7.05. The van der Waals surface area contributed by atoms with E-state index in [1.54, 1.807) is 6.07 Å². The van der Waals surface area contributed by atoms with Crippen molar-refractivity contribution in [3.63, 3.8) is 0 Å². The second-order valence-electron chi connectivity index (χ2n) is 4.53. The molecular formula is C11H16Br2N2O4S2. The molecule has 1 aromatic rings. The van der Waals surface area contributed by atoms with E-state index < -0.39 is 20.0 Å². The Morgan fingerprint density at radius 1 is 1.10 bits per heavy atom. The molecule has 0 heterocycles. The van der Waals surface area contributed by atoms with Crippen molar-refractivity contribution in [2.24, 2.45) is 0 Å². The van der Waals surface area contributed by atoms with Crippen molar-refractivity contribution in [2.45, 2.75) is 11.8 Å². The van der Waals surface area contributed by atoms with Crippen molar-refractivity contribution in [3.05, 3.63) is 26.6 Å². The summed E-state index contributed by atoms with van der Waals surface area (Å²) >= 11 is 6.48. The quantitative estimate of drug-likeness (QED) is 0.695. The fourth-order valence-corrected chi connectivity index (χ4v) is 4.96. The highest BCUT2D eigenvalue weighted by molar-refractivity contribution is 9.11. The topological polar surface area (TPSA) is 83.5 Å². The van der Waals surface area contributed by atoms with E-state index >= 15 is 0 Å². The van der Waals surface area contributed by atoms with Crippen LogP contribution in [-0.2, 0) is 20.0 Å². The van der Waals surface area contributed by atoms with Gasteiger partial charge in [0.2, 0.25) is 20.0 Å². The molecule has 0 atom stereocenters. The van der Waals surface area contributed by atoms with Crippen LogP contribution in [0.4, 0.5) is 0 Å². The van der Waals surface area contributed by atoms with Gasteiger partial charge >= 0.3 is 0 Å². The van der Waals surface area contributed by atoms with Crippen molar-refractivity contribution in [2.75, 3.05) is 26.4 Å². The van der Waals surface area contributed by atoms with Crippen LogP contribution in [0.1, 0.15) is 5.56 Å². The Morgan fingerprint density at radius 2 is 1.67 bits per heavy atom. The molecule has 1 rings (SSSR count). The van der Waals surface area contributed by atoms with Gasteiger partial charge in [-0.2, -0.15) is 0 Å². The Labute approximate surface area is 142 Å². The standard InChI is InChI=1S/C11H16Br2N2O4S2/c1-8-6-10(13)11(7-9(8)12)21(18,19)14-4-5-20(16,17)15(2)3/h6-7,14H,4-5H2,1-3H3. The summed E-state index contributed by atoms with van der Waals surface area (Å²) in [6, 6.07) is 3.15. The van der Waals surface area contributed by atoms with Gasteiger partial charge < -0.3 is 0 Å². The zero-order chi connectivity index (χ0) is 16.4. The SMILES string of the molecule is Cc1cc(Br)c(S(=O)(=O)NCCS(=O)(=O)N(C)C)cc1Br. The molecule has 0 unspecified atom stereocenters. The lowest BCUT2D eigenvalue weighted by Gasteiger charge is -2.13. The zero-order valence-corrected chi connectivity index (χ0v) is 16.5. The van der Waals surface area contributed by atoms with Crippen LogP contribution in [0.3, 0.4) is 0 Å². The number of hydrogen-bond donors (Lipinski definition) is 1. The first-order valence-electron chi connectivity index (χ1n) is 5.83. The van der Waals surface area contributed by atoms with Gasteiger partial charge in [-0.15, -0.1) is 0 Å². The average molecular weight is 464 g/mol. The van der Waals surface area contributed by atoms with E-state index in [9.17, 15) is 16.8 Å². The molecule has 0 aliphatic rings. The van der Waals surface area contributed by atoms with Gasteiger partial charge in [-0.25, -0.2) is 25.9 Å². The molecule has 1 aromatic carbocycles. The van der Waals surface area contributed by atoms with Crippen LogP contribution in [0, 0.1) is 6.92 Å². The van der Waals surface area contributed by atoms with E-state index in [0.29, 0.717) is 8.95 Å². The van der Waals surface area contributed by atoms with E-state index in [0.717, 1.165) is 9.87 Å². The molecule has 6 nitrogen and oxygen atoms in total. The molecule has 0 spiro atoms. The summed E-state index contributed by atoms with van der Waals surface area (Å²) in [5.74, 6) is -0.302. The van der Waals surface area contributed by atoms with Gasteiger partial charge in [0.05, 0.1) is 10.6 Å². The molecule has 0 saturated carbocycles. The monoisotopic (exact) mass is 462 g/mol. The summed E-state index contributed by atoms with van der Waals surface area (Å²) in [7, 11) is -4.43. The average Bonchev–Trinajstić information content (AvgIpc) is 2.32. The summed E-state index contributed by atoms with van der Waals surface area (Å²) in [5, 5.41) is 0. The summed E-state index contributed by atoms with van der Waals surface area (Å²) in [5.41, 5.74) is 0.885. The molecule has 0 amide bonds. The van der Waals surface area contributed by atoms with E-state index in [2.05, 4.69) is 36.6 Å². The molecule has 0 aliphatic heterocycles. The predicted octanol–water partition coefficient (Wildman–Crippen LogP) is 1.69. The molecule has 0 aliphatic carbocycles. The lowest BCUT2D eigenvalue weighted by molar-refractivity contribution is 0.519. The van der Waals surface area contributed by atoms with Gasteiger partial charge in [-0.3, -0.25) is 0 Å². The Hall–Kier alpha value is -0.000000000000000167. The number of nitrogens with zero attached hydrogens (tertiary/aromatic N) is 1. The first kappa shape index (κ1) is 19.0. The van der Waals surface area contributed by atoms with Crippen LogP contribution in [0.15, 0.2) is 26.0 Å². The van der Waals surface area contributed by atoms with Crippen LogP contribution < -0.4 is 4.72 Å². The van der Waals surface area contributed by atoms with Crippen molar-refractivity contribution in [1.82, 2.24) is 9.03 Å². The summed E-state index contributed by atoms with van der Waals surface area (Å²) in [6.45, 7) is 1.64. The Bertz CT molecular complexity index is 731. The minimum absolute atomic E-state index is 0.0576. The van der Waals surface area contributed by atoms with Gasteiger partial charge in [0.15, 0.2) is 0 Å².